The average Bonchev–Trinajstić information content (AvgIpc) is 3.01. The van der Waals surface area contributed by atoms with Crippen molar-refractivity contribution in [3.05, 3.63) is 18.3 Å². The van der Waals surface area contributed by atoms with Crippen LogP contribution in [0.3, 0.4) is 0 Å². The SMILES string of the molecule is CC1CC2CN(C(=O)Nc3ccnc(N4CCN(C)CC4)c3)CCN2C1. The molecule has 1 aromatic rings. The van der Waals surface area contributed by atoms with Gasteiger partial charge in [-0.05, 0) is 25.5 Å². The van der Waals surface area contributed by atoms with E-state index < -0.39 is 0 Å². The predicted octanol–water partition coefficient (Wildman–Crippen LogP) is 1.39. The molecule has 0 saturated carbocycles. The van der Waals surface area contributed by atoms with Gasteiger partial charge in [-0.3, -0.25) is 4.90 Å². The third-order valence-corrected chi connectivity index (χ3v) is 5.94. The zero-order valence-electron chi connectivity index (χ0n) is 15.9. The van der Waals surface area contributed by atoms with Crippen molar-refractivity contribution in [3.63, 3.8) is 0 Å². The molecule has 3 aliphatic rings. The number of nitrogens with zero attached hydrogens (tertiary/aromatic N) is 5. The van der Waals surface area contributed by atoms with Gasteiger partial charge >= 0.3 is 6.03 Å². The van der Waals surface area contributed by atoms with Crippen molar-refractivity contribution in [1.29, 1.82) is 0 Å². The van der Waals surface area contributed by atoms with Crippen LogP contribution in [0.5, 0.6) is 0 Å². The number of amides is 2. The highest BCUT2D eigenvalue weighted by Crippen LogP contribution is 2.26. The quantitative estimate of drug-likeness (QED) is 0.866. The molecule has 2 amide bonds. The summed E-state index contributed by atoms with van der Waals surface area (Å²) in [5, 5.41) is 3.08. The second kappa shape index (κ2) is 7.40. The Kier molecular flexibility index (Phi) is 5.00. The number of pyridine rings is 1. The first-order valence-corrected chi connectivity index (χ1v) is 9.78. The van der Waals surface area contributed by atoms with Gasteiger partial charge < -0.3 is 20.0 Å². The van der Waals surface area contributed by atoms with Crippen molar-refractivity contribution in [2.75, 3.05) is 69.6 Å². The van der Waals surface area contributed by atoms with E-state index in [9.17, 15) is 4.79 Å². The smallest absolute Gasteiger partial charge is 0.321 e. The highest BCUT2D eigenvalue weighted by Gasteiger charge is 2.35. The van der Waals surface area contributed by atoms with Crippen LogP contribution in [0, 0.1) is 5.92 Å². The lowest BCUT2D eigenvalue weighted by atomic mass is 10.1. The van der Waals surface area contributed by atoms with Crippen molar-refractivity contribution in [2.24, 2.45) is 5.92 Å². The first kappa shape index (κ1) is 17.5. The van der Waals surface area contributed by atoms with Gasteiger partial charge in [0, 0.05) is 76.4 Å². The fraction of sp³-hybridized carbons (Fsp3) is 0.684. The normalized spacial score (nSPS) is 27.5. The second-order valence-corrected chi connectivity index (χ2v) is 8.06. The monoisotopic (exact) mass is 358 g/mol. The lowest BCUT2D eigenvalue weighted by molar-refractivity contribution is 0.124. The molecule has 4 heterocycles. The Morgan fingerprint density at radius 3 is 2.77 bits per heavy atom. The number of nitrogens with one attached hydrogen (secondary N) is 1. The fourth-order valence-corrected chi connectivity index (χ4v) is 4.39. The molecule has 3 fully saturated rings. The number of piperazine rings is 2. The van der Waals surface area contributed by atoms with Crippen molar-refractivity contribution in [2.45, 2.75) is 19.4 Å². The van der Waals surface area contributed by atoms with Crippen molar-refractivity contribution < 1.29 is 4.79 Å². The summed E-state index contributed by atoms with van der Waals surface area (Å²) < 4.78 is 0. The van der Waals surface area contributed by atoms with E-state index in [1.54, 1.807) is 6.20 Å². The van der Waals surface area contributed by atoms with E-state index in [1.165, 1.54) is 13.0 Å². The van der Waals surface area contributed by atoms with Gasteiger partial charge in [-0.2, -0.15) is 0 Å². The molecule has 3 saturated heterocycles. The molecular formula is C19H30N6O. The number of urea groups is 1. The number of aromatic nitrogens is 1. The van der Waals surface area contributed by atoms with Crippen LogP contribution in [0.15, 0.2) is 18.3 Å². The third kappa shape index (κ3) is 3.78. The molecule has 26 heavy (non-hydrogen) atoms. The Labute approximate surface area is 155 Å². The van der Waals surface area contributed by atoms with Crippen molar-refractivity contribution in [3.8, 4) is 0 Å². The van der Waals surface area contributed by atoms with Gasteiger partial charge in [0.1, 0.15) is 5.82 Å². The van der Waals surface area contributed by atoms with Gasteiger partial charge in [-0.25, -0.2) is 9.78 Å². The summed E-state index contributed by atoms with van der Waals surface area (Å²) in [5.41, 5.74) is 0.834. The lowest BCUT2D eigenvalue weighted by Gasteiger charge is -2.37. The molecule has 0 bridgehead atoms. The topological polar surface area (TPSA) is 55.0 Å². The van der Waals surface area contributed by atoms with Gasteiger partial charge in [-0.1, -0.05) is 6.92 Å². The first-order chi connectivity index (χ1) is 12.6. The number of fused-ring (bicyclic) bond motifs is 1. The van der Waals surface area contributed by atoms with Crippen molar-refractivity contribution >= 4 is 17.5 Å². The maximum absolute atomic E-state index is 12.7. The Morgan fingerprint density at radius 2 is 1.96 bits per heavy atom. The summed E-state index contributed by atoms with van der Waals surface area (Å²) >= 11 is 0. The Balaban J connectivity index is 1.36. The minimum atomic E-state index is 0.0136. The minimum absolute atomic E-state index is 0.0136. The van der Waals surface area contributed by atoms with Crippen LogP contribution < -0.4 is 10.2 Å². The fourth-order valence-electron chi connectivity index (χ4n) is 4.39. The van der Waals surface area contributed by atoms with E-state index in [1.807, 2.05) is 17.0 Å². The Bertz CT molecular complexity index is 645. The molecule has 7 heteroatoms. The number of likely N-dealkylation sites (N-methyl/N-ethyl adjacent to an activating group) is 1. The largest absolute Gasteiger partial charge is 0.354 e. The number of carbonyl (C=O) groups is 1. The first-order valence-electron chi connectivity index (χ1n) is 9.78. The molecule has 0 aromatic carbocycles. The summed E-state index contributed by atoms with van der Waals surface area (Å²) in [6, 6.07) is 4.42. The van der Waals surface area contributed by atoms with Crippen LogP contribution in [-0.2, 0) is 0 Å². The summed E-state index contributed by atoms with van der Waals surface area (Å²) in [7, 11) is 2.15. The average molecular weight is 358 g/mol. The van der Waals surface area contributed by atoms with Crippen LogP contribution in [-0.4, -0.2) is 91.2 Å². The van der Waals surface area contributed by atoms with Gasteiger partial charge in [0.2, 0.25) is 0 Å². The van der Waals surface area contributed by atoms with Crippen LogP contribution in [0.25, 0.3) is 0 Å². The molecule has 1 aromatic heterocycles. The standard InChI is InChI=1S/C19H30N6O/c1-15-11-17-14-25(10-9-24(17)13-15)19(26)21-16-3-4-20-18(12-16)23-7-5-22(2)6-8-23/h3-4,12,15,17H,5-11,13-14H2,1-2H3,(H,20,21,26). The van der Waals surface area contributed by atoms with Crippen LogP contribution in [0.2, 0.25) is 0 Å². The summed E-state index contributed by atoms with van der Waals surface area (Å²) in [5.74, 6) is 1.69. The van der Waals surface area contributed by atoms with Gasteiger partial charge in [0.25, 0.3) is 0 Å². The van der Waals surface area contributed by atoms with Gasteiger partial charge in [-0.15, -0.1) is 0 Å². The highest BCUT2D eigenvalue weighted by atomic mass is 16.2. The number of carbonyl (C=O) groups excluding carboxylic acids is 1. The maximum Gasteiger partial charge on any atom is 0.321 e. The third-order valence-electron chi connectivity index (χ3n) is 5.94. The summed E-state index contributed by atoms with van der Waals surface area (Å²) in [6.07, 6.45) is 2.99. The van der Waals surface area contributed by atoms with Crippen LogP contribution in [0.4, 0.5) is 16.3 Å². The summed E-state index contributed by atoms with van der Waals surface area (Å²) in [6.45, 7) is 10.2. The number of anilines is 2. The molecule has 142 valence electrons. The molecule has 4 rings (SSSR count). The molecule has 0 spiro atoms. The Hall–Kier alpha value is -1.86. The van der Waals surface area contributed by atoms with Gasteiger partial charge in [0.15, 0.2) is 0 Å². The Morgan fingerprint density at radius 1 is 1.15 bits per heavy atom. The molecule has 2 unspecified atom stereocenters. The number of hydrogen-bond acceptors (Lipinski definition) is 5. The van der Waals surface area contributed by atoms with E-state index in [0.29, 0.717) is 6.04 Å². The van der Waals surface area contributed by atoms with E-state index in [2.05, 4.69) is 39.0 Å². The van der Waals surface area contributed by atoms with Crippen LogP contribution in [0.1, 0.15) is 13.3 Å². The zero-order valence-corrected chi connectivity index (χ0v) is 15.9. The molecule has 2 atom stereocenters. The predicted molar refractivity (Wildman–Crippen MR) is 104 cm³/mol. The highest BCUT2D eigenvalue weighted by molar-refractivity contribution is 5.89. The van der Waals surface area contributed by atoms with E-state index in [4.69, 9.17) is 0 Å². The molecule has 3 aliphatic heterocycles. The second-order valence-electron chi connectivity index (χ2n) is 8.06. The molecule has 1 N–H and O–H groups in total. The molecular weight excluding hydrogens is 328 g/mol. The van der Waals surface area contributed by atoms with E-state index >= 15 is 0 Å². The van der Waals surface area contributed by atoms with Crippen LogP contribution >= 0.6 is 0 Å². The van der Waals surface area contributed by atoms with E-state index in [0.717, 1.165) is 63.2 Å². The van der Waals surface area contributed by atoms with E-state index in [-0.39, 0.29) is 6.03 Å². The number of hydrogen-bond donors (Lipinski definition) is 1. The minimum Gasteiger partial charge on any atom is -0.354 e. The molecule has 0 radical (unpaired) electrons. The maximum atomic E-state index is 12.7. The van der Waals surface area contributed by atoms with Gasteiger partial charge in [0.05, 0.1) is 0 Å². The zero-order chi connectivity index (χ0) is 18.1. The molecule has 7 nitrogen and oxygen atoms in total. The molecule has 0 aliphatic carbocycles. The summed E-state index contributed by atoms with van der Waals surface area (Å²) in [4.78, 5) is 26.3. The lowest BCUT2D eigenvalue weighted by Crippen LogP contribution is -2.53. The van der Waals surface area contributed by atoms with Crippen molar-refractivity contribution in [1.82, 2.24) is 19.7 Å². The number of rotatable bonds is 2.